The van der Waals surface area contributed by atoms with Gasteiger partial charge in [0.2, 0.25) is 0 Å². The molecule has 6 nitrogen and oxygen atoms in total. The van der Waals surface area contributed by atoms with Crippen LogP contribution in [0.5, 0.6) is 0 Å². The molecule has 2 aliphatic heterocycles. The zero-order chi connectivity index (χ0) is 9.42. The van der Waals surface area contributed by atoms with Gasteiger partial charge in [0, 0.05) is 0 Å². The molecule has 2 saturated heterocycles. The van der Waals surface area contributed by atoms with Crippen molar-refractivity contribution in [2.45, 2.75) is 18.5 Å². The van der Waals surface area contributed by atoms with Crippen molar-refractivity contribution >= 4 is 11.9 Å². The topological polar surface area (TPSA) is 73.9 Å². The second kappa shape index (κ2) is 2.97. The lowest BCUT2D eigenvalue weighted by Crippen LogP contribution is -2.47. The first kappa shape index (κ1) is 8.46. The van der Waals surface area contributed by atoms with E-state index in [1.54, 1.807) is 0 Å². The molecule has 0 aromatic carbocycles. The summed E-state index contributed by atoms with van der Waals surface area (Å²) in [5.41, 5.74) is 0. The van der Waals surface area contributed by atoms with Gasteiger partial charge in [0.1, 0.15) is 0 Å². The molecule has 0 unspecified atom stereocenters. The third-order valence-electron chi connectivity index (χ3n) is 2.01. The van der Waals surface area contributed by atoms with Crippen molar-refractivity contribution in [3.63, 3.8) is 0 Å². The van der Waals surface area contributed by atoms with E-state index in [9.17, 15) is 9.59 Å². The fraction of sp³-hybridized carbons (Fsp3) is 0.714. The Morgan fingerprint density at radius 2 is 2.38 bits per heavy atom. The number of ether oxygens (including phenoxy) is 3. The maximum atomic E-state index is 11.2. The summed E-state index contributed by atoms with van der Waals surface area (Å²) in [6, 6.07) is 0. The zero-order valence-electron chi connectivity index (χ0n) is 6.98. The molecule has 0 saturated carbocycles. The van der Waals surface area contributed by atoms with E-state index in [1.807, 2.05) is 0 Å². The summed E-state index contributed by atoms with van der Waals surface area (Å²) in [5.74, 6) is -0.909. The van der Waals surface area contributed by atoms with E-state index in [-0.39, 0.29) is 12.5 Å². The van der Waals surface area contributed by atoms with Crippen molar-refractivity contribution in [3.05, 3.63) is 0 Å². The number of nitrogens with one attached hydrogen (secondary N) is 1. The van der Waals surface area contributed by atoms with Crippen LogP contribution in [0.15, 0.2) is 0 Å². The number of hydrogen-bond donors (Lipinski definition) is 1. The molecule has 72 valence electrons. The minimum Gasteiger partial charge on any atom is -0.467 e. The molecule has 1 amide bonds. The van der Waals surface area contributed by atoms with Crippen molar-refractivity contribution in [2.75, 3.05) is 13.7 Å². The Balaban J connectivity index is 2.14. The molecule has 2 heterocycles. The van der Waals surface area contributed by atoms with Gasteiger partial charge >= 0.3 is 5.97 Å². The van der Waals surface area contributed by atoms with Gasteiger partial charge in [-0.1, -0.05) is 0 Å². The molecular formula is C7H9NO5. The number of hydrogen-bond acceptors (Lipinski definition) is 5. The second-order valence-corrected chi connectivity index (χ2v) is 2.81. The number of methoxy groups -OCH3 is 1. The molecule has 1 N–H and O–H groups in total. The molecule has 3 atom stereocenters. The summed E-state index contributed by atoms with van der Waals surface area (Å²) in [6.45, 7) is 0.281. The van der Waals surface area contributed by atoms with Crippen LogP contribution < -0.4 is 5.32 Å². The van der Waals surface area contributed by atoms with Gasteiger partial charge in [-0.05, 0) is 0 Å². The van der Waals surface area contributed by atoms with Gasteiger partial charge in [-0.3, -0.25) is 4.79 Å². The molecule has 13 heavy (non-hydrogen) atoms. The number of carbonyl (C=O) groups excluding carboxylic acids is 2. The van der Waals surface area contributed by atoms with Crippen molar-refractivity contribution < 1.29 is 23.8 Å². The molecule has 2 bridgehead atoms. The van der Waals surface area contributed by atoms with Gasteiger partial charge in [-0.15, -0.1) is 0 Å². The summed E-state index contributed by atoms with van der Waals surface area (Å²) in [7, 11) is 1.24. The molecule has 0 aromatic rings. The Labute approximate surface area is 74.1 Å². The first-order valence-corrected chi connectivity index (χ1v) is 3.89. The smallest absolute Gasteiger partial charge is 0.338 e. The van der Waals surface area contributed by atoms with E-state index < -0.39 is 24.5 Å². The van der Waals surface area contributed by atoms with Crippen LogP contribution in [-0.2, 0) is 23.8 Å². The lowest BCUT2D eigenvalue weighted by Gasteiger charge is -2.18. The highest BCUT2D eigenvalue weighted by Crippen LogP contribution is 2.23. The molecule has 0 aliphatic carbocycles. The summed E-state index contributed by atoms with van der Waals surface area (Å²) in [5, 5.41) is 2.56. The predicted molar refractivity (Wildman–Crippen MR) is 38.6 cm³/mol. The van der Waals surface area contributed by atoms with Gasteiger partial charge in [0.15, 0.2) is 18.5 Å². The van der Waals surface area contributed by atoms with Crippen molar-refractivity contribution in [3.8, 4) is 0 Å². The predicted octanol–water partition coefficient (Wildman–Crippen LogP) is -1.60. The number of fused-ring (bicyclic) bond motifs is 2. The zero-order valence-corrected chi connectivity index (χ0v) is 6.98. The van der Waals surface area contributed by atoms with Gasteiger partial charge < -0.3 is 19.5 Å². The van der Waals surface area contributed by atoms with Gasteiger partial charge in [-0.25, -0.2) is 4.79 Å². The average molecular weight is 187 g/mol. The molecule has 6 heteroatoms. The third kappa shape index (κ3) is 1.27. The van der Waals surface area contributed by atoms with Crippen LogP contribution in [0.4, 0.5) is 0 Å². The monoisotopic (exact) mass is 187 g/mol. The highest BCUT2D eigenvalue weighted by Gasteiger charge is 2.48. The minimum absolute atomic E-state index is 0.281. The first-order valence-electron chi connectivity index (χ1n) is 3.89. The standard InChI is InChI=1S/C7H9NO5/c1-11-7(10)5-4-6(9)8-2-3(12-4)13-5/h3-5H,2H2,1H3,(H,8,9)/t3-,4+,5+/m0/s1. The van der Waals surface area contributed by atoms with E-state index >= 15 is 0 Å². The van der Waals surface area contributed by atoms with Crippen molar-refractivity contribution in [2.24, 2.45) is 0 Å². The fourth-order valence-corrected chi connectivity index (χ4v) is 1.38. The Kier molecular flexibility index (Phi) is 1.93. The SMILES string of the molecule is COC(=O)[C@@H]1O[C@H]2CNC(=O)[C@@H]1O2. The first-order chi connectivity index (χ1) is 6.22. The average Bonchev–Trinajstić information content (AvgIpc) is 2.51. The van der Waals surface area contributed by atoms with Crippen LogP contribution in [0.2, 0.25) is 0 Å². The van der Waals surface area contributed by atoms with E-state index in [0.717, 1.165) is 0 Å². The Morgan fingerprint density at radius 3 is 3.08 bits per heavy atom. The third-order valence-corrected chi connectivity index (χ3v) is 2.01. The van der Waals surface area contributed by atoms with E-state index in [1.165, 1.54) is 7.11 Å². The van der Waals surface area contributed by atoms with Gasteiger partial charge in [0.05, 0.1) is 13.7 Å². The molecule has 0 spiro atoms. The summed E-state index contributed by atoms with van der Waals surface area (Å²) in [6.07, 6.45) is -2.30. The Bertz CT molecular complexity index is 253. The summed E-state index contributed by atoms with van der Waals surface area (Å²) >= 11 is 0. The number of amides is 1. The van der Waals surface area contributed by atoms with E-state index in [2.05, 4.69) is 10.1 Å². The van der Waals surface area contributed by atoms with Crippen LogP contribution >= 0.6 is 0 Å². The van der Waals surface area contributed by atoms with Gasteiger partial charge in [0.25, 0.3) is 5.91 Å². The maximum Gasteiger partial charge on any atom is 0.338 e. The molecule has 0 radical (unpaired) electrons. The van der Waals surface area contributed by atoms with E-state index in [0.29, 0.717) is 0 Å². The van der Waals surface area contributed by atoms with Crippen LogP contribution in [0.25, 0.3) is 0 Å². The largest absolute Gasteiger partial charge is 0.467 e. The van der Waals surface area contributed by atoms with Gasteiger partial charge in [-0.2, -0.15) is 0 Å². The lowest BCUT2D eigenvalue weighted by molar-refractivity contribution is -0.153. The molecule has 2 rings (SSSR count). The molecule has 2 fully saturated rings. The number of rotatable bonds is 1. The van der Waals surface area contributed by atoms with Crippen molar-refractivity contribution in [1.82, 2.24) is 5.32 Å². The number of esters is 1. The van der Waals surface area contributed by atoms with Crippen LogP contribution in [0, 0.1) is 0 Å². The maximum absolute atomic E-state index is 11.2. The summed E-state index contributed by atoms with van der Waals surface area (Å²) in [4.78, 5) is 22.3. The normalized spacial score (nSPS) is 37.0. The second-order valence-electron chi connectivity index (χ2n) is 2.81. The number of morpholine rings is 1. The quantitative estimate of drug-likeness (QED) is 0.500. The molecular weight excluding hydrogens is 178 g/mol. The van der Waals surface area contributed by atoms with Crippen LogP contribution in [0.3, 0.4) is 0 Å². The lowest BCUT2D eigenvalue weighted by atomic mass is 10.2. The number of carbonyl (C=O) groups is 2. The highest BCUT2D eigenvalue weighted by atomic mass is 16.7. The summed E-state index contributed by atoms with van der Waals surface area (Å²) < 4.78 is 14.7. The van der Waals surface area contributed by atoms with Crippen molar-refractivity contribution in [1.29, 1.82) is 0 Å². The van der Waals surface area contributed by atoms with Crippen LogP contribution in [-0.4, -0.2) is 44.0 Å². The van der Waals surface area contributed by atoms with E-state index in [4.69, 9.17) is 9.47 Å². The molecule has 0 aromatic heterocycles. The Morgan fingerprint density at radius 1 is 1.62 bits per heavy atom. The fourth-order valence-electron chi connectivity index (χ4n) is 1.38. The van der Waals surface area contributed by atoms with Crippen LogP contribution in [0.1, 0.15) is 0 Å². The Hall–Kier alpha value is -1.14. The highest BCUT2D eigenvalue weighted by molar-refractivity contribution is 5.89. The molecule has 2 aliphatic rings. The minimum atomic E-state index is -0.919.